The second kappa shape index (κ2) is 5.67. The van der Waals surface area contributed by atoms with Crippen LogP contribution in [0.1, 0.15) is 25.8 Å². The molecule has 0 spiro atoms. The highest BCUT2D eigenvalue weighted by atomic mass is 79.9. The van der Waals surface area contributed by atoms with Crippen molar-refractivity contribution in [3.8, 4) is 5.75 Å². The molecule has 0 aliphatic rings. The summed E-state index contributed by atoms with van der Waals surface area (Å²) in [6, 6.07) is 7.73. The van der Waals surface area contributed by atoms with Crippen LogP contribution in [0.25, 0.3) is 0 Å². The fourth-order valence-corrected chi connectivity index (χ4v) is 2.39. The van der Waals surface area contributed by atoms with Crippen molar-refractivity contribution in [3.05, 3.63) is 39.3 Å². The first-order valence-corrected chi connectivity index (χ1v) is 6.89. The first-order valence-electron chi connectivity index (χ1n) is 5.69. The van der Waals surface area contributed by atoms with Crippen LogP contribution in [0.2, 0.25) is 0 Å². The fourth-order valence-electron chi connectivity index (χ4n) is 1.74. The van der Waals surface area contributed by atoms with E-state index in [4.69, 9.17) is 17.0 Å². The number of nitrogens with one attached hydrogen (secondary N) is 1. The number of rotatable bonds is 4. The van der Waals surface area contributed by atoms with Crippen LogP contribution in [0.3, 0.4) is 0 Å². The van der Waals surface area contributed by atoms with Crippen LogP contribution in [-0.4, -0.2) is 14.8 Å². The summed E-state index contributed by atoms with van der Waals surface area (Å²) in [5.74, 6) is 1.61. The van der Waals surface area contributed by atoms with Crippen LogP contribution >= 0.6 is 28.1 Å². The number of benzene rings is 1. The van der Waals surface area contributed by atoms with Crippen LogP contribution in [0, 0.1) is 4.77 Å². The number of hydrogen-bond donors (Lipinski definition) is 1. The van der Waals surface area contributed by atoms with Crippen molar-refractivity contribution in [2.24, 2.45) is 0 Å². The summed E-state index contributed by atoms with van der Waals surface area (Å²) in [5, 5.41) is 7.01. The van der Waals surface area contributed by atoms with Crippen molar-refractivity contribution < 1.29 is 4.74 Å². The SMILES string of the molecule is CCn1c(C(C)Oc2cccc(Br)c2)n[nH]c1=S. The molecular weight excluding hydrogens is 314 g/mol. The predicted molar refractivity (Wildman–Crippen MR) is 76.3 cm³/mol. The zero-order valence-corrected chi connectivity index (χ0v) is 12.6. The summed E-state index contributed by atoms with van der Waals surface area (Å²) in [6.07, 6.45) is -0.160. The molecule has 18 heavy (non-hydrogen) atoms. The van der Waals surface area contributed by atoms with E-state index in [-0.39, 0.29) is 6.10 Å². The minimum atomic E-state index is -0.160. The van der Waals surface area contributed by atoms with Crippen LogP contribution in [0.15, 0.2) is 28.7 Å². The molecule has 0 fully saturated rings. The van der Waals surface area contributed by atoms with Gasteiger partial charge in [0, 0.05) is 11.0 Å². The van der Waals surface area contributed by atoms with E-state index in [1.54, 1.807) is 0 Å². The Morgan fingerprint density at radius 3 is 3.00 bits per heavy atom. The lowest BCUT2D eigenvalue weighted by molar-refractivity contribution is 0.210. The van der Waals surface area contributed by atoms with Crippen molar-refractivity contribution in [1.82, 2.24) is 14.8 Å². The molecule has 0 amide bonds. The van der Waals surface area contributed by atoms with Gasteiger partial charge in [-0.3, -0.25) is 5.10 Å². The van der Waals surface area contributed by atoms with Crippen molar-refractivity contribution in [1.29, 1.82) is 0 Å². The highest BCUT2D eigenvalue weighted by Gasteiger charge is 2.14. The van der Waals surface area contributed by atoms with Crippen LogP contribution < -0.4 is 4.74 Å². The van der Waals surface area contributed by atoms with Gasteiger partial charge in [0.25, 0.3) is 0 Å². The molecule has 1 aromatic heterocycles. The number of aromatic nitrogens is 3. The number of halogens is 1. The fraction of sp³-hybridized carbons (Fsp3) is 0.333. The average Bonchev–Trinajstić information content (AvgIpc) is 2.70. The topological polar surface area (TPSA) is 42.8 Å². The van der Waals surface area contributed by atoms with Gasteiger partial charge in [-0.2, -0.15) is 5.10 Å². The van der Waals surface area contributed by atoms with Gasteiger partial charge in [0.2, 0.25) is 0 Å². The Labute approximate surface area is 119 Å². The Morgan fingerprint density at radius 1 is 1.56 bits per heavy atom. The van der Waals surface area contributed by atoms with E-state index >= 15 is 0 Å². The van der Waals surface area contributed by atoms with E-state index in [1.165, 1.54) is 0 Å². The molecule has 2 aromatic rings. The highest BCUT2D eigenvalue weighted by molar-refractivity contribution is 9.10. The van der Waals surface area contributed by atoms with Crippen molar-refractivity contribution >= 4 is 28.1 Å². The molecule has 1 N–H and O–H groups in total. The highest BCUT2D eigenvalue weighted by Crippen LogP contribution is 2.23. The lowest BCUT2D eigenvalue weighted by Gasteiger charge is -2.14. The van der Waals surface area contributed by atoms with E-state index in [9.17, 15) is 0 Å². The summed E-state index contributed by atoms with van der Waals surface area (Å²) in [7, 11) is 0. The minimum Gasteiger partial charge on any atom is -0.483 e. The molecule has 1 aromatic carbocycles. The molecule has 0 bridgehead atoms. The number of ether oxygens (including phenoxy) is 1. The molecule has 1 atom stereocenters. The van der Waals surface area contributed by atoms with Gasteiger partial charge in [0.15, 0.2) is 16.7 Å². The van der Waals surface area contributed by atoms with Gasteiger partial charge in [-0.15, -0.1) is 0 Å². The number of hydrogen-bond acceptors (Lipinski definition) is 3. The molecule has 1 unspecified atom stereocenters. The quantitative estimate of drug-likeness (QED) is 0.867. The third-order valence-corrected chi connectivity index (χ3v) is 3.38. The zero-order valence-electron chi connectivity index (χ0n) is 10.2. The summed E-state index contributed by atoms with van der Waals surface area (Å²) < 4.78 is 9.40. The Bertz CT molecular complexity index is 593. The normalized spacial score (nSPS) is 12.4. The van der Waals surface area contributed by atoms with Crippen LogP contribution in [0.5, 0.6) is 5.75 Å². The molecule has 0 radical (unpaired) electrons. The van der Waals surface area contributed by atoms with E-state index in [0.29, 0.717) is 4.77 Å². The lowest BCUT2D eigenvalue weighted by Crippen LogP contribution is -2.11. The maximum atomic E-state index is 5.86. The molecule has 2 rings (SSSR count). The molecule has 1 heterocycles. The largest absolute Gasteiger partial charge is 0.483 e. The first-order chi connectivity index (χ1) is 8.61. The van der Waals surface area contributed by atoms with Crippen LogP contribution in [-0.2, 0) is 6.54 Å². The summed E-state index contributed by atoms with van der Waals surface area (Å²) in [4.78, 5) is 0. The number of nitrogens with zero attached hydrogens (tertiary/aromatic N) is 2. The van der Waals surface area contributed by atoms with Crippen molar-refractivity contribution in [2.75, 3.05) is 0 Å². The lowest BCUT2D eigenvalue weighted by atomic mass is 10.3. The monoisotopic (exact) mass is 327 g/mol. The zero-order chi connectivity index (χ0) is 13.1. The van der Waals surface area contributed by atoms with Crippen molar-refractivity contribution in [3.63, 3.8) is 0 Å². The van der Waals surface area contributed by atoms with E-state index in [0.717, 1.165) is 22.6 Å². The number of aromatic amines is 1. The first kappa shape index (κ1) is 13.3. The average molecular weight is 328 g/mol. The van der Waals surface area contributed by atoms with Gasteiger partial charge in [-0.25, -0.2) is 0 Å². The standard InChI is InChI=1S/C12H14BrN3OS/c1-3-16-11(14-15-12(16)18)8(2)17-10-6-4-5-9(13)7-10/h4-8H,3H2,1-2H3,(H,15,18). The van der Waals surface area contributed by atoms with Gasteiger partial charge in [0.05, 0.1) is 0 Å². The smallest absolute Gasteiger partial charge is 0.195 e. The molecular formula is C12H14BrN3OS. The number of H-pyrrole nitrogens is 1. The molecule has 0 saturated heterocycles. The Balaban J connectivity index is 2.21. The van der Waals surface area contributed by atoms with Gasteiger partial charge < -0.3 is 9.30 Å². The second-order valence-corrected chi connectivity index (χ2v) is 5.15. The maximum absolute atomic E-state index is 5.86. The third-order valence-electron chi connectivity index (χ3n) is 2.58. The predicted octanol–water partition coefficient (Wildman–Crippen LogP) is 3.86. The van der Waals surface area contributed by atoms with E-state index in [1.807, 2.05) is 42.7 Å². The van der Waals surface area contributed by atoms with Gasteiger partial charge in [-0.1, -0.05) is 22.0 Å². The Morgan fingerprint density at radius 2 is 2.33 bits per heavy atom. The molecule has 96 valence electrons. The van der Waals surface area contributed by atoms with Crippen LogP contribution in [0.4, 0.5) is 0 Å². The van der Waals surface area contributed by atoms with Gasteiger partial charge in [-0.05, 0) is 44.3 Å². The van der Waals surface area contributed by atoms with Crippen molar-refractivity contribution in [2.45, 2.75) is 26.5 Å². The maximum Gasteiger partial charge on any atom is 0.195 e. The summed E-state index contributed by atoms with van der Waals surface area (Å²) in [6.45, 7) is 4.76. The molecule has 0 saturated carbocycles. The summed E-state index contributed by atoms with van der Waals surface area (Å²) in [5.41, 5.74) is 0. The molecule has 4 nitrogen and oxygen atoms in total. The minimum absolute atomic E-state index is 0.160. The second-order valence-electron chi connectivity index (χ2n) is 3.85. The van der Waals surface area contributed by atoms with E-state index in [2.05, 4.69) is 26.1 Å². The Kier molecular flexibility index (Phi) is 4.19. The van der Waals surface area contributed by atoms with Gasteiger partial charge in [0.1, 0.15) is 5.75 Å². The molecule has 0 aliphatic heterocycles. The molecule has 0 aliphatic carbocycles. The molecule has 6 heteroatoms. The van der Waals surface area contributed by atoms with E-state index < -0.39 is 0 Å². The third kappa shape index (κ3) is 2.81. The Hall–Kier alpha value is -1.14. The van der Waals surface area contributed by atoms with Gasteiger partial charge >= 0.3 is 0 Å². The summed E-state index contributed by atoms with van der Waals surface area (Å²) >= 11 is 8.58.